The average Bonchev–Trinajstić information content (AvgIpc) is 3.17. The van der Waals surface area contributed by atoms with Gasteiger partial charge in [0.1, 0.15) is 17.2 Å². The lowest BCUT2D eigenvalue weighted by Crippen LogP contribution is -2.46. The fourth-order valence-corrected chi connectivity index (χ4v) is 3.84. The average molecular weight is 324 g/mol. The predicted octanol–water partition coefficient (Wildman–Crippen LogP) is 2.52. The van der Waals surface area contributed by atoms with Gasteiger partial charge in [-0.3, -0.25) is 4.79 Å². The number of nitrogens with zero attached hydrogens (tertiary/aromatic N) is 2. The number of morpholine rings is 1. The van der Waals surface area contributed by atoms with E-state index in [0.29, 0.717) is 26.3 Å². The third-order valence-electron chi connectivity index (χ3n) is 4.15. The molecule has 0 bridgehead atoms. The number of carbonyl (C=O) groups is 1. The van der Waals surface area contributed by atoms with Gasteiger partial charge in [0, 0.05) is 23.9 Å². The van der Waals surface area contributed by atoms with Gasteiger partial charge in [-0.2, -0.15) is 0 Å². The predicted molar refractivity (Wildman–Crippen MR) is 85.1 cm³/mol. The first-order chi connectivity index (χ1) is 10.4. The maximum atomic E-state index is 12.5. The highest BCUT2D eigenvalue weighted by molar-refractivity contribution is 7.09. The van der Waals surface area contributed by atoms with Crippen molar-refractivity contribution in [1.82, 2.24) is 9.88 Å². The fourth-order valence-electron chi connectivity index (χ4n) is 2.75. The second-order valence-electron chi connectivity index (χ2n) is 6.97. The van der Waals surface area contributed by atoms with Gasteiger partial charge in [-0.1, -0.05) is 20.8 Å². The van der Waals surface area contributed by atoms with Crippen LogP contribution < -0.4 is 0 Å². The van der Waals surface area contributed by atoms with E-state index >= 15 is 0 Å². The molecule has 3 rings (SSSR count). The van der Waals surface area contributed by atoms with Crippen LogP contribution in [0.15, 0.2) is 5.38 Å². The van der Waals surface area contributed by atoms with Gasteiger partial charge >= 0.3 is 0 Å². The van der Waals surface area contributed by atoms with Crippen molar-refractivity contribution in [2.45, 2.75) is 51.2 Å². The van der Waals surface area contributed by atoms with E-state index in [-0.39, 0.29) is 23.5 Å². The Hall–Kier alpha value is -0.980. The lowest BCUT2D eigenvalue weighted by molar-refractivity contribution is -0.148. The molecule has 0 radical (unpaired) electrons. The number of hydrogen-bond acceptors (Lipinski definition) is 5. The Morgan fingerprint density at radius 3 is 2.82 bits per heavy atom. The zero-order chi connectivity index (χ0) is 15.7. The summed E-state index contributed by atoms with van der Waals surface area (Å²) in [5, 5.41) is 3.06. The fraction of sp³-hybridized carbons (Fsp3) is 0.750. The molecular weight excluding hydrogens is 300 g/mol. The normalized spacial score (nSPS) is 26.4. The molecule has 22 heavy (non-hydrogen) atoms. The summed E-state index contributed by atoms with van der Waals surface area (Å²) in [6.45, 7) is 8.95. The Bertz CT molecular complexity index is 532. The molecule has 2 aliphatic heterocycles. The Balaban J connectivity index is 1.67. The third-order valence-corrected chi connectivity index (χ3v) is 5.09. The van der Waals surface area contributed by atoms with E-state index in [1.54, 1.807) is 11.3 Å². The van der Waals surface area contributed by atoms with Gasteiger partial charge in [0.15, 0.2) is 0 Å². The van der Waals surface area contributed by atoms with E-state index in [9.17, 15) is 4.79 Å². The summed E-state index contributed by atoms with van der Waals surface area (Å²) in [6, 6.07) is 0. The van der Waals surface area contributed by atoms with Gasteiger partial charge in [0.25, 0.3) is 5.91 Å². The molecule has 2 saturated heterocycles. The molecule has 1 aromatic heterocycles. The van der Waals surface area contributed by atoms with Crippen LogP contribution in [0.4, 0.5) is 0 Å². The maximum Gasteiger partial charge on any atom is 0.251 e. The minimum atomic E-state index is -0.250. The first-order valence-corrected chi connectivity index (χ1v) is 8.81. The summed E-state index contributed by atoms with van der Waals surface area (Å²) in [4.78, 5) is 19.1. The van der Waals surface area contributed by atoms with Gasteiger partial charge in [-0.15, -0.1) is 11.3 Å². The van der Waals surface area contributed by atoms with Crippen LogP contribution in [0.1, 0.15) is 50.4 Å². The summed E-state index contributed by atoms with van der Waals surface area (Å²) in [6.07, 6.45) is 1.46. The number of rotatable bonds is 2. The molecule has 3 heterocycles. The van der Waals surface area contributed by atoms with Crippen molar-refractivity contribution in [1.29, 1.82) is 0 Å². The molecule has 6 heteroatoms. The smallest absolute Gasteiger partial charge is 0.251 e. The Kier molecular flexibility index (Phi) is 4.52. The molecule has 1 aromatic rings. The van der Waals surface area contributed by atoms with E-state index in [1.165, 1.54) is 0 Å². The van der Waals surface area contributed by atoms with Gasteiger partial charge in [0.2, 0.25) is 0 Å². The Labute approximate surface area is 135 Å². The zero-order valence-electron chi connectivity index (χ0n) is 13.5. The van der Waals surface area contributed by atoms with Crippen LogP contribution in [0.3, 0.4) is 0 Å². The van der Waals surface area contributed by atoms with E-state index in [2.05, 4.69) is 26.2 Å². The van der Waals surface area contributed by atoms with Crippen LogP contribution >= 0.6 is 11.3 Å². The molecule has 5 nitrogen and oxygen atoms in total. The molecule has 0 saturated carbocycles. The van der Waals surface area contributed by atoms with E-state index in [0.717, 1.165) is 23.5 Å². The van der Waals surface area contributed by atoms with E-state index < -0.39 is 0 Å². The van der Waals surface area contributed by atoms with Crippen LogP contribution in [0, 0.1) is 0 Å². The van der Waals surface area contributed by atoms with E-state index in [4.69, 9.17) is 14.5 Å². The molecule has 1 amide bonds. The van der Waals surface area contributed by atoms with Crippen LogP contribution in [-0.4, -0.2) is 48.2 Å². The summed E-state index contributed by atoms with van der Waals surface area (Å²) < 4.78 is 11.4. The number of hydrogen-bond donors (Lipinski definition) is 0. The largest absolute Gasteiger partial charge is 0.368 e. The molecule has 2 aliphatic rings. The number of amides is 1. The van der Waals surface area contributed by atoms with Crippen molar-refractivity contribution >= 4 is 17.2 Å². The molecule has 0 N–H and O–H groups in total. The standard InChI is InChI=1S/C16H24N2O3S/c1-16(2,3)13-10-22-14(17-13)12-9-18(6-8-21-12)15(19)11-5-4-7-20-11/h10-12H,4-9H2,1-3H3/t11-,12+/m0/s1. The number of thiazole rings is 1. The van der Waals surface area contributed by atoms with Crippen molar-refractivity contribution in [3.8, 4) is 0 Å². The number of carbonyl (C=O) groups excluding carboxylic acids is 1. The maximum absolute atomic E-state index is 12.5. The van der Waals surface area contributed by atoms with E-state index in [1.807, 2.05) is 4.90 Å². The highest BCUT2D eigenvalue weighted by Crippen LogP contribution is 2.30. The monoisotopic (exact) mass is 324 g/mol. The van der Waals surface area contributed by atoms with Crippen LogP contribution in [-0.2, 0) is 19.7 Å². The molecular formula is C16H24N2O3S. The Morgan fingerprint density at radius 1 is 1.36 bits per heavy atom. The molecule has 0 spiro atoms. The van der Waals surface area contributed by atoms with Crippen LogP contribution in [0.25, 0.3) is 0 Å². The Morgan fingerprint density at radius 2 is 2.18 bits per heavy atom. The molecule has 0 unspecified atom stereocenters. The zero-order valence-corrected chi connectivity index (χ0v) is 14.3. The highest BCUT2D eigenvalue weighted by Gasteiger charge is 2.33. The first-order valence-electron chi connectivity index (χ1n) is 7.93. The summed E-state index contributed by atoms with van der Waals surface area (Å²) in [5.41, 5.74) is 1.12. The molecule has 2 atom stereocenters. The van der Waals surface area contributed by atoms with Gasteiger partial charge in [-0.25, -0.2) is 4.98 Å². The summed E-state index contributed by atoms with van der Waals surface area (Å²) in [5.74, 6) is 0.110. The van der Waals surface area contributed by atoms with Gasteiger partial charge in [0.05, 0.1) is 18.8 Å². The van der Waals surface area contributed by atoms with Crippen molar-refractivity contribution < 1.29 is 14.3 Å². The second-order valence-corrected chi connectivity index (χ2v) is 7.86. The van der Waals surface area contributed by atoms with Crippen molar-refractivity contribution in [2.75, 3.05) is 26.3 Å². The summed E-state index contributed by atoms with van der Waals surface area (Å²) in [7, 11) is 0. The minimum absolute atomic E-state index is 0.0383. The molecule has 0 aromatic carbocycles. The van der Waals surface area contributed by atoms with Gasteiger partial charge < -0.3 is 14.4 Å². The molecule has 2 fully saturated rings. The third kappa shape index (κ3) is 3.34. The lowest BCUT2D eigenvalue weighted by Gasteiger charge is -2.33. The van der Waals surface area contributed by atoms with Crippen molar-refractivity contribution in [2.24, 2.45) is 0 Å². The van der Waals surface area contributed by atoms with Gasteiger partial charge in [-0.05, 0) is 12.8 Å². The topological polar surface area (TPSA) is 51.7 Å². The number of aromatic nitrogens is 1. The minimum Gasteiger partial charge on any atom is -0.368 e. The molecule has 122 valence electrons. The first kappa shape index (κ1) is 15.9. The van der Waals surface area contributed by atoms with Crippen LogP contribution in [0.2, 0.25) is 0 Å². The summed E-state index contributed by atoms with van der Waals surface area (Å²) >= 11 is 1.62. The number of ether oxygens (including phenoxy) is 2. The highest BCUT2D eigenvalue weighted by atomic mass is 32.1. The van der Waals surface area contributed by atoms with Crippen molar-refractivity contribution in [3.63, 3.8) is 0 Å². The lowest BCUT2D eigenvalue weighted by atomic mass is 9.93. The quantitative estimate of drug-likeness (QED) is 0.839. The second kappa shape index (κ2) is 6.26. The SMILES string of the molecule is CC(C)(C)c1csc([C@H]2CN(C(=O)[C@@H]3CCCO3)CCO2)n1. The van der Waals surface area contributed by atoms with Crippen molar-refractivity contribution in [3.05, 3.63) is 16.1 Å². The van der Waals surface area contributed by atoms with Crippen LogP contribution in [0.5, 0.6) is 0 Å². The molecule has 0 aliphatic carbocycles.